The maximum atomic E-state index is 12.1. The average Bonchev–Trinajstić information content (AvgIpc) is 2.48. The van der Waals surface area contributed by atoms with E-state index in [1.54, 1.807) is 0 Å². The highest BCUT2D eigenvalue weighted by Crippen LogP contribution is 2.24. The Bertz CT molecular complexity index is 517. The lowest BCUT2D eigenvalue weighted by atomic mass is 9.94. The van der Waals surface area contributed by atoms with Gasteiger partial charge >= 0.3 is 6.36 Å². The highest BCUT2D eigenvalue weighted by molar-refractivity contribution is 5.92. The molecule has 1 aliphatic carbocycles. The third-order valence-corrected chi connectivity index (χ3v) is 3.96. The molecule has 0 heterocycles. The van der Waals surface area contributed by atoms with Gasteiger partial charge in [-0.25, -0.2) is 0 Å². The third-order valence-electron chi connectivity index (χ3n) is 3.96. The number of benzene rings is 1. The second kappa shape index (κ2) is 9.13. The van der Waals surface area contributed by atoms with E-state index in [-0.39, 0.29) is 30.6 Å². The van der Waals surface area contributed by atoms with E-state index in [1.165, 1.54) is 43.5 Å². The van der Waals surface area contributed by atoms with Crippen LogP contribution in [0.4, 0.5) is 18.9 Å². The van der Waals surface area contributed by atoms with Crippen molar-refractivity contribution >= 4 is 24.0 Å². The van der Waals surface area contributed by atoms with Gasteiger partial charge in [0.1, 0.15) is 5.75 Å². The number of ether oxygens (including phenoxy) is 1. The molecule has 0 unspecified atom stereocenters. The minimum Gasteiger partial charge on any atom is -0.406 e. The van der Waals surface area contributed by atoms with Gasteiger partial charge < -0.3 is 10.1 Å². The van der Waals surface area contributed by atoms with Gasteiger partial charge in [-0.1, -0.05) is 19.3 Å². The molecule has 1 fully saturated rings. The van der Waals surface area contributed by atoms with Crippen LogP contribution in [-0.2, 0) is 4.79 Å². The molecule has 0 bridgehead atoms. The van der Waals surface area contributed by atoms with E-state index in [2.05, 4.69) is 10.1 Å². The molecule has 4 nitrogen and oxygen atoms in total. The van der Waals surface area contributed by atoms with Crippen LogP contribution in [0.1, 0.15) is 32.1 Å². The van der Waals surface area contributed by atoms with Crippen LogP contribution < -0.4 is 10.1 Å². The number of nitrogens with zero attached hydrogens (tertiary/aromatic N) is 1. The van der Waals surface area contributed by atoms with Gasteiger partial charge in [0.2, 0.25) is 5.91 Å². The summed E-state index contributed by atoms with van der Waals surface area (Å²) in [4.78, 5) is 14.1. The maximum absolute atomic E-state index is 12.1. The lowest BCUT2D eigenvalue weighted by Gasteiger charge is -2.30. The molecule has 1 aromatic carbocycles. The van der Waals surface area contributed by atoms with Gasteiger partial charge in [0, 0.05) is 11.7 Å². The molecule has 1 amide bonds. The molecule has 0 spiro atoms. The smallest absolute Gasteiger partial charge is 0.406 e. The monoisotopic (exact) mass is 366 g/mol. The van der Waals surface area contributed by atoms with E-state index >= 15 is 0 Å². The minimum absolute atomic E-state index is 0. The highest BCUT2D eigenvalue weighted by Gasteiger charge is 2.31. The van der Waals surface area contributed by atoms with E-state index in [1.807, 2.05) is 11.9 Å². The lowest BCUT2D eigenvalue weighted by molar-refractivity contribution is -0.274. The number of carbonyl (C=O) groups excluding carboxylic acids is 1. The number of nitrogens with one attached hydrogen (secondary N) is 1. The Hall–Kier alpha value is -1.47. The van der Waals surface area contributed by atoms with E-state index in [0.29, 0.717) is 11.7 Å². The van der Waals surface area contributed by atoms with Crippen LogP contribution in [0.25, 0.3) is 0 Å². The molecule has 0 aliphatic heterocycles. The van der Waals surface area contributed by atoms with Gasteiger partial charge in [-0.3, -0.25) is 9.69 Å². The number of likely N-dealkylation sites (N-methyl/N-ethyl adjacent to an activating group) is 1. The molecule has 8 heteroatoms. The Morgan fingerprint density at radius 2 is 1.79 bits per heavy atom. The van der Waals surface area contributed by atoms with Crippen molar-refractivity contribution in [2.24, 2.45) is 0 Å². The number of carbonyl (C=O) groups is 1. The Balaban J connectivity index is 0.00000288. The maximum Gasteiger partial charge on any atom is 0.573 e. The molecule has 1 saturated carbocycles. The molecular weight excluding hydrogens is 345 g/mol. The van der Waals surface area contributed by atoms with Gasteiger partial charge in [0.25, 0.3) is 0 Å². The molecule has 1 aliphatic rings. The number of hydrogen-bond acceptors (Lipinski definition) is 3. The summed E-state index contributed by atoms with van der Waals surface area (Å²) in [5, 5.41) is 2.68. The molecule has 0 radical (unpaired) electrons. The van der Waals surface area contributed by atoms with Crippen molar-refractivity contribution < 1.29 is 22.7 Å². The van der Waals surface area contributed by atoms with Crippen molar-refractivity contribution in [1.82, 2.24) is 4.90 Å². The molecule has 0 aromatic heterocycles. The summed E-state index contributed by atoms with van der Waals surface area (Å²) in [5.74, 6) is -0.489. The third kappa shape index (κ3) is 6.97. The zero-order valence-corrected chi connectivity index (χ0v) is 14.3. The molecule has 136 valence electrons. The average molecular weight is 367 g/mol. The largest absolute Gasteiger partial charge is 0.573 e. The van der Waals surface area contributed by atoms with Crippen molar-refractivity contribution in [3.05, 3.63) is 24.3 Å². The molecule has 1 aromatic rings. The van der Waals surface area contributed by atoms with Gasteiger partial charge in [0.05, 0.1) is 6.54 Å². The quantitative estimate of drug-likeness (QED) is 0.848. The van der Waals surface area contributed by atoms with Crippen LogP contribution in [0.15, 0.2) is 24.3 Å². The Morgan fingerprint density at radius 3 is 2.33 bits per heavy atom. The molecular formula is C16H22ClF3N2O2. The highest BCUT2D eigenvalue weighted by atomic mass is 35.5. The molecule has 1 N–H and O–H groups in total. The summed E-state index contributed by atoms with van der Waals surface area (Å²) >= 11 is 0. The van der Waals surface area contributed by atoms with Crippen LogP contribution in [0, 0.1) is 0 Å². The SMILES string of the molecule is CN(CC(=O)Nc1ccc(OC(F)(F)F)cc1)C1CCCCC1.Cl. The first-order valence-electron chi connectivity index (χ1n) is 7.69. The van der Waals surface area contributed by atoms with Gasteiger partial charge in [-0.2, -0.15) is 0 Å². The minimum atomic E-state index is -4.71. The first kappa shape index (κ1) is 20.6. The summed E-state index contributed by atoms with van der Waals surface area (Å²) in [6.45, 7) is 0.269. The number of alkyl halides is 3. The number of rotatable bonds is 5. The molecule has 24 heavy (non-hydrogen) atoms. The molecule has 0 atom stereocenters. The van der Waals surface area contributed by atoms with Gasteiger partial charge in [-0.05, 0) is 44.2 Å². The number of halogens is 4. The fourth-order valence-electron chi connectivity index (χ4n) is 2.82. The second-order valence-electron chi connectivity index (χ2n) is 5.83. The van der Waals surface area contributed by atoms with Gasteiger partial charge in [-0.15, -0.1) is 25.6 Å². The Labute approximate surface area is 145 Å². The standard InChI is InChI=1S/C16H21F3N2O2.ClH/c1-21(13-5-3-2-4-6-13)11-15(22)20-12-7-9-14(10-8-12)23-16(17,18)19;/h7-10,13H,2-6,11H2,1H3,(H,20,22);1H. The van der Waals surface area contributed by atoms with E-state index in [0.717, 1.165) is 12.8 Å². The summed E-state index contributed by atoms with van der Waals surface area (Å²) in [5.41, 5.74) is 0.446. The topological polar surface area (TPSA) is 41.6 Å². The van der Waals surface area contributed by atoms with Crippen LogP contribution in [0.3, 0.4) is 0 Å². The first-order valence-corrected chi connectivity index (χ1v) is 7.69. The lowest BCUT2D eigenvalue weighted by Crippen LogP contribution is -2.39. The summed E-state index contributed by atoms with van der Waals surface area (Å²) in [6, 6.07) is 5.55. The van der Waals surface area contributed by atoms with Gasteiger partial charge in [0.15, 0.2) is 0 Å². The van der Waals surface area contributed by atoms with Crippen LogP contribution in [0.5, 0.6) is 5.75 Å². The zero-order chi connectivity index (χ0) is 16.9. The predicted octanol–water partition coefficient (Wildman–Crippen LogP) is 4.21. The van der Waals surface area contributed by atoms with E-state index in [9.17, 15) is 18.0 Å². The van der Waals surface area contributed by atoms with Crippen molar-refractivity contribution in [3.63, 3.8) is 0 Å². The number of amides is 1. The van der Waals surface area contributed by atoms with E-state index in [4.69, 9.17) is 0 Å². The number of hydrogen-bond donors (Lipinski definition) is 1. The van der Waals surface area contributed by atoms with E-state index < -0.39 is 6.36 Å². The Kier molecular flexibility index (Phi) is 7.83. The summed E-state index contributed by atoms with van der Waals surface area (Å²) < 4.78 is 40.0. The van der Waals surface area contributed by atoms with Crippen LogP contribution in [-0.4, -0.2) is 36.8 Å². The van der Waals surface area contributed by atoms with Crippen molar-refractivity contribution in [3.8, 4) is 5.75 Å². The van der Waals surface area contributed by atoms with Crippen molar-refractivity contribution in [1.29, 1.82) is 0 Å². The van der Waals surface area contributed by atoms with Crippen LogP contribution in [0.2, 0.25) is 0 Å². The molecule has 2 rings (SSSR count). The second-order valence-corrected chi connectivity index (χ2v) is 5.83. The first-order chi connectivity index (χ1) is 10.8. The molecule has 0 saturated heterocycles. The summed E-state index contributed by atoms with van der Waals surface area (Å²) in [7, 11) is 1.93. The number of anilines is 1. The Morgan fingerprint density at radius 1 is 1.21 bits per heavy atom. The normalized spacial score (nSPS) is 15.7. The van der Waals surface area contributed by atoms with Crippen molar-refractivity contribution in [2.75, 3.05) is 18.9 Å². The predicted molar refractivity (Wildman–Crippen MR) is 88.5 cm³/mol. The zero-order valence-electron chi connectivity index (χ0n) is 13.4. The summed E-state index contributed by atoms with van der Waals surface area (Å²) in [6.07, 6.45) is 1.13. The fraction of sp³-hybridized carbons (Fsp3) is 0.562. The van der Waals surface area contributed by atoms with Crippen LogP contribution >= 0.6 is 12.4 Å². The fourth-order valence-corrected chi connectivity index (χ4v) is 2.82. The van der Waals surface area contributed by atoms with Crippen molar-refractivity contribution in [2.45, 2.75) is 44.5 Å².